The SMILES string of the molecule is CC(C)(COCCO)Cc1nnc(Cl)c(N)n1. The van der Waals surface area contributed by atoms with E-state index in [1.807, 2.05) is 13.8 Å². The van der Waals surface area contributed by atoms with Crippen molar-refractivity contribution in [2.24, 2.45) is 5.41 Å². The van der Waals surface area contributed by atoms with Crippen LogP contribution < -0.4 is 5.73 Å². The molecule has 0 aliphatic heterocycles. The van der Waals surface area contributed by atoms with Gasteiger partial charge in [0.2, 0.25) is 0 Å². The van der Waals surface area contributed by atoms with Crippen molar-refractivity contribution in [2.45, 2.75) is 20.3 Å². The lowest BCUT2D eigenvalue weighted by Gasteiger charge is -2.23. The summed E-state index contributed by atoms with van der Waals surface area (Å²) >= 11 is 5.64. The molecule has 0 aromatic carbocycles. The number of aromatic nitrogens is 3. The van der Waals surface area contributed by atoms with Gasteiger partial charge in [0.05, 0.1) is 19.8 Å². The molecule has 0 aliphatic carbocycles. The molecule has 0 fully saturated rings. The number of nitrogens with two attached hydrogens (primary N) is 1. The normalized spacial score (nSPS) is 11.8. The largest absolute Gasteiger partial charge is 0.394 e. The van der Waals surface area contributed by atoms with Crippen LogP contribution in [-0.4, -0.2) is 40.1 Å². The number of hydrogen-bond acceptors (Lipinski definition) is 6. The van der Waals surface area contributed by atoms with E-state index in [2.05, 4.69) is 15.2 Å². The van der Waals surface area contributed by atoms with E-state index in [4.69, 9.17) is 27.2 Å². The first-order valence-corrected chi connectivity index (χ1v) is 5.65. The van der Waals surface area contributed by atoms with Crippen molar-refractivity contribution in [3.63, 3.8) is 0 Å². The maximum atomic E-state index is 8.63. The standard InChI is InChI=1S/C10H17ClN4O2/c1-10(2,6-17-4-3-16)5-7-13-9(12)8(11)15-14-7/h16H,3-6H2,1-2H3,(H2,12,13,14). The fourth-order valence-electron chi connectivity index (χ4n) is 1.33. The van der Waals surface area contributed by atoms with Gasteiger partial charge in [-0.15, -0.1) is 10.2 Å². The summed E-state index contributed by atoms with van der Waals surface area (Å²) in [4.78, 5) is 4.05. The summed E-state index contributed by atoms with van der Waals surface area (Å²) in [6.07, 6.45) is 0.576. The van der Waals surface area contributed by atoms with E-state index >= 15 is 0 Å². The molecule has 1 rings (SSSR count). The van der Waals surface area contributed by atoms with Crippen molar-refractivity contribution in [1.29, 1.82) is 0 Å². The first-order valence-electron chi connectivity index (χ1n) is 5.28. The minimum absolute atomic E-state index is 0.0159. The van der Waals surface area contributed by atoms with Crippen molar-refractivity contribution in [1.82, 2.24) is 15.2 Å². The minimum atomic E-state index is -0.156. The highest BCUT2D eigenvalue weighted by atomic mass is 35.5. The molecule has 0 bridgehead atoms. The van der Waals surface area contributed by atoms with E-state index in [-0.39, 0.29) is 23.0 Å². The van der Waals surface area contributed by atoms with E-state index in [0.29, 0.717) is 25.5 Å². The fourth-order valence-corrected chi connectivity index (χ4v) is 1.41. The highest BCUT2D eigenvalue weighted by Gasteiger charge is 2.21. The molecule has 0 saturated heterocycles. The molecule has 1 aromatic rings. The molecule has 0 aliphatic rings. The second-order valence-electron chi connectivity index (χ2n) is 4.52. The fraction of sp³-hybridized carbons (Fsp3) is 0.700. The van der Waals surface area contributed by atoms with Gasteiger partial charge in [0.25, 0.3) is 0 Å². The topological polar surface area (TPSA) is 94.2 Å². The van der Waals surface area contributed by atoms with Crippen LogP contribution in [0.2, 0.25) is 5.15 Å². The molecular formula is C10H17ClN4O2. The first-order chi connectivity index (χ1) is 7.94. The summed E-state index contributed by atoms with van der Waals surface area (Å²) in [6, 6.07) is 0. The van der Waals surface area contributed by atoms with Crippen LogP contribution in [0.3, 0.4) is 0 Å². The second-order valence-corrected chi connectivity index (χ2v) is 4.88. The van der Waals surface area contributed by atoms with Crippen molar-refractivity contribution in [3.8, 4) is 0 Å². The Morgan fingerprint density at radius 2 is 2.12 bits per heavy atom. The maximum absolute atomic E-state index is 8.63. The van der Waals surface area contributed by atoms with Crippen LogP contribution in [0, 0.1) is 5.41 Å². The van der Waals surface area contributed by atoms with Crippen LogP contribution in [0.15, 0.2) is 0 Å². The molecule has 0 radical (unpaired) electrons. The zero-order chi connectivity index (χ0) is 12.9. The predicted molar refractivity (Wildman–Crippen MR) is 64.6 cm³/mol. The third kappa shape index (κ3) is 4.80. The third-order valence-electron chi connectivity index (χ3n) is 2.08. The lowest BCUT2D eigenvalue weighted by atomic mass is 9.90. The van der Waals surface area contributed by atoms with Crippen LogP contribution in [0.4, 0.5) is 5.82 Å². The van der Waals surface area contributed by atoms with Crippen LogP contribution in [0.5, 0.6) is 0 Å². The zero-order valence-electron chi connectivity index (χ0n) is 9.98. The molecule has 0 saturated carbocycles. The van der Waals surface area contributed by atoms with Gasteiger partial charge in [0, 0.05) is 6.42 Å². The molecule has 0 spiro atoms. The molecular weight excluding hydrogens is 244 g/mol. The Balaban J connectivity index is 2.59. The van der Waals surface area contributed by atoms with Crippen molar-refractivity contribution < 1.29 is 9.84 Å². The summed E-state index contributed by atoms with van der Waals surface area (Å²) in [5, 5.41) is 16.3. The number of rotatable bonds is 6. The number of halogens is 1. The molecule has 17 heavy (non-hydrogen) atoms. The molecule has 0 atom stereocenters. The second kappa shape index (κ2) is 6.09. The van der Waals surface area contributed by atoms with Gasteiger partial charge in [-0.25, -0.2) is 4.98 Å². The van der Waals surface area contributed by atoms with Gasteiger partial charge in [-0.3, -0.25) is 0 Å². The Bertz CT molecular complexity index is 373. The molecule has 7 heteroatoms. The van der Waals surface area contributed by atoms with Gasteiger partial charge < -0.3 is 15.6 Å². The Morgan fingerprint density at radius 1 is 1.41 bits per heavy atom. The average molecular weight is 261 g/mol. The molecule has 1 heterocycles. The van der Waals surface area contributed by atoms with Crippen LogP contribution in [-0.2, 0) is 11.2 Å². The summed E-state index contributed by atoms with van der Waals surface area (Å²) in [6.45, 7) is 4.86. The summed E-state index contributed by atoms with van der Waals surface area (Å²) in [5.41, 5.74) is 5.40. The maximum Gasteiger partial charge on any atom is 0.193 e. The number of aliphatic hydroxyl groups excluding tert-OH is 1. The number of hydrogen-bond donors (Lipinski definition) is 2. The van der Waals surface area contributed by atoms with Gasteiger partial charge in [-0.2, -0.15) is 0 Å². The van der Waals surface area contributed by atoms with Gasteiger partial charge in [-0.1, -0.05) is 25.4 Å². The Kier molecular flexibility index (Phi) is 5.04. The van der Waals surface area contributed by atoms with E-state index in [1.165, 1.54) is 0 Å². The number of nitrogens with zero attached hydrogens (tertiary/aromatic N) is 3. The van der Waals surface area contributed by atoms with Crippen LogP contribution >= 0.6 is 11.6 Å². The number of anilines is 1. The van der Waals surface area contributed by atoms with E-state index in [0.717, 1.165) is 0 Å². The highest BCUT2D eigenvalue weighted by molar-refractivity contribution is 6.31. The number of nitrogen functional groups attached to an aromatic ring is 1. The van der Waals surface area contributed by atoms with Crippen LogP contribution in [0.25, 0.3) is 0 Å². The Hall–Kier alpha value is -0.980. The lowest BCUT2D eigenvalue weighted by Crippen LogP contribution is -2.24. The summed E-state index contributed by atoms with van der Waals surface area (Å²) in [5.74, 6) is 0.716. The van der Waals surface area contributed by atoms with Gasteiger partial charge in [0.15, 0.2) is 16.8 Å². The summed E-state index contributed by atoms with van der Waals surface area (Å²) in [7, 11) is 0. The lowest BCUT2D eigenvalue weighted by molar-refractivity contribution is 0.0387. The van der Waals surface area contributed by atoms with Crippen molar-refractivity contribution in [3.05, 3.63) is 11.0 Å². The highest BCUT2D eigenvalue weighted by Crippen LogP contribution is 2.21. The van der Waals surface area contributed by atoms with Gasteiger partial charge >= 0.3 is 0 Å². The van der Waals surface area contributed by atoms with Gasteiger partial charge in [0.1, 0.15) is 0 Å². The smallest absolute Gasteiger partial charge is 0.193 e. The van der Waals surface area contributed by atoms with Crippen LogP contribution in [0.1, 0.15) is 19.7 Å². The van der Waals surface area contributed by atoms with E-state index in [9.17, 15) is 0 Å². The quantitative estimate of drug-likeness (QED) is 0.731. The predicted octanol–water partition coefficient (Wildman–Crippen LogP) is 0.685. The Labute approximate surface area is 105 Å². The van der Waals surface area contributed by atoms with E-state index in [1.54, 1.807) is 0 Å². The first kappa shape index (κ1) is 14.1. The molecule has 6 nitrogen and oxygen atoms in total. The summed E-state index contributed by atoms with van der Waals surface area (Å²) < 4.78 is 5.29. The zero-order valence-corrected chi connectivity index (χ0v) is 10.7. The van der Waals surface area contributed by atoms with Gasteiger partial charge in [-0.05, 0) is 5.41 Å². The Morgan fingerprint density at radius 3 is 2.71 bits per heavy atom. The molecule has 0 amide bonds. The average Bonchev–Trinajstić information content (AvgIpc) is 2.23. The monoisotopic (exact) mass is 260 g/mol. The molecule has 3 N–H and O–H groups in total. The third-order valence-corrected chi connectivity index (χ3v) is 2.35. The molecule has 0 unspecified atom stereocenters. The molecule has 1 aromatic heterocycles. The number of ether oxygens (including phenoxy) is 1. The minimum Gasteiger partial charge on any atom is -0.394 e. The number of aliphatic hydroxyl groups is 1. The molecule has 96 valence electrons. The van der Waals surface area contributed by atoms with Crippen molar-refractivity contribution >= 4 is 17.4 Å². The van der Waals surface area contributed by atoms with E-state index < -0.39 is 0 Å². The van der Waals surface area contributed by atoms with Crippen molar-refractivity contribution in [2.75, 3.05) is 25.6 Å².